The predicted octanol–water partition coefficient (Wildman–Crippen LogP) is 5.67. The molecule has 3 nitrogen and oxygen atoms in total. The Labute approximate surface area is 143 Å². The molecular weight excluding hydrogens is 298 g/mol. The molecule has 0 unspecified atom stereocenters. The third-order valence-electron chi connectivity index (χ3n) is 3.23. The van der Waals surface area contributed by atoms with Crippen molar-refractivity contribution in [1.29, 1.82) is 0 Å². The molecule has 0 saturated heterocycles. The fourth-order valence-electron chi connectivity index (χ4n) is 2.08. The molecular formula is C21H23NO2. The third-order valence-corrected chi connectivity index (χ3v) is 3.23. The molecule has 0 bridgehead atoms. The van der Waals surface area contributed by atoms with Gasteiger partial charge in [0.2, 0.25) is 0 Å². The van der Waals surface area contributed by atoms with Crippen molar-refractivity contribution in [2.75, 3.05) is 5.73 Å². The van der Waals surface area contributed by atoms with Crippen LogP contribution in [0.3, 0.4) is 0 Å². The molecule has 0 saturated carbocycles. The number of para-hydroxylation sites is 4. The molecule has 0 heterocycles. The van der Waals surface area contributed by atoms with Crippen molar-refractivity contribution in [1.82, 2.24) is 0 Å². The third kappa shape index (κ3) is 4.78. The lowest BCUT2D eigenvalue weighted by atomic mass is 10.2. The SMILES string of the molecule is CC.Nc1ccccc1Oc1ccccc1OCc1ccccc1. The topological polar surface area (TPSA) is 44.5 Å². The first-order valence-electron chi connectivity index (χ1n) is 8.11. The smallest absolute Gasteiger partial charge is 0.169 e. The zero-order valence-corrected chi connectivity index (χ0v) is 14.1. The summed E-state index contributed by atoms with van der Waals surface area (Å²) in [6, 6.07) is 25.0. The summed E-state index contributed by atoms with van der Waals surface area (Å²) in [7, 11) is 0. The van der Waals surface area contributed by atoms with Crippen LogP contribution in [0.5, 0.6) is 17.2 Å². The quantitative estimate of drug-likeness (QED) is 0.616. The Hall–Kier alpha value is -2.94. The summed E-state index contributed by atoms with van der Waals surface area (Å²) in [6.07, 6.45) is 0. The molecule has 3 rings (SSSR count). The molecule has 0 amide bonds. The van der Waals surface area contributed by atoms with Crippen LogP contribution in [-0.2, 0) is 6.61 Å². The maximum Gasteiger partial charge on any atom is 0.169 e. The number of hydrogen-bond donors (Lipinski definition) is 1. The second-order valence-corrected chi connectivity index (χ2v) is 4.86. The Morgan fingerprint density at radius 1 is 0.667 bits per heavy atom. The van der Waals surface area contributed by atoms with Crippen LogP contribution >= 0.6 is 0 Å². The van der Waals surface area contributed by atoms with Gasteiger partial charge < -0.3 is 15.2 Å². The van der Waals surface area contributed by atoms with E-state index in [1.807, 2.05) is 92.7 Å². The second kappa shape index (κ2) is 9.26. The van der Waals surface area contributed by atoms with Crippen LogP contribution in [0.15, 0.2) is 78.9 Å². The van der Waals surface area contributed by atoms with E-state index < -0.39 is 0 Å². The number of nitrogen functional groups attached to an aromatic ring is 1. The van der Waals surface area contributed by atoms with Crippen LogP contribution < -0.4 is 15.2 Å². The van der Waals surface area contributed by atoms with E-state index >= 15 is 0 Å². The first-order valence-corrected chi connectivity index (χ1v) is 8.11. The van der Waals surface area contributed by atoms with Gasteiger partial charge in [0.1, 0.15) is 6.61 Å². The summed E-state index contributed by atoms with van der Waals surface area (Å²) in [6.45, 7) is 4.49. The van der Waals surface area contributed by atoms with Gasteiger partial charge in [0.05, 0.1) is 5.69 Å². The molecule has 0 aliphatic heterocycles. The standard InChI is InChI=1S/C19H17NO2.C2H6/c20-16-10-4-5-11-17(16)22-19-13-7-6-12-18(19)21-14-15-8-2-1-3-9-15;1-2/h1-13H,14,20H2;1-2H3. The number of hydrogen-bond acceptors (Lipinski definition) is 3. The normalized spacial score (nSPS) is 9.58. The van der Waals surface area contributed by atoms with E-state index in [0.717, 1.165) is 5.56 Å². The van der Waals surface area contributed by atoms with Crippen LogP contribution in [0.25, 0.3) is 0 Å². The zero-order valence-electron chi connectivity index (χ0n) is 14.1. The molecule has 24 heavy (non-hydrogen) atoms. The largest absolute Gasteiger partial charge is 0.485 e. The Morgan fingerprint density at radius 2 is 1.21 bits per heavy atom. The molecule has 0 spiro atoms. The highest BCUT2D eigenvalue weighted by molar-refractivity contribution is 5.55. The summed E-state index contributed by atoms with van der Waals surface area (Å²) in [5.41, 5.74) is 7.62. The molecule has 2 N–H and O–H groups in total. The molecule has 0 fully saturated rings. The van der Waals surface area contributed by atoms with Crippen molar-refractivity contribution < 1.29 is 9.47 Å². The van der Waals surface area contributed by atoms with Gasteiger partial charge in [0.25, 0.3) is 0 Å². The minimum atomic E-state index is 0.492. The highest BCUT2D eigenvalue weighted by Crippen LogP contribution is 2.34. The lowest BCUT2D eigenvalue weighted by Crippen LogP contribution is -1.98. The fourth-order valence-corrected chi connectivity index (χ4v) is 2.08. The summed E-state index contributed by atoms with van der Waals surface area (Å²) in [5.74, 6) is 1.96. The number of ether oxygens (including phenoxy) is 2. The molecule has 0 aliphatic rings. The van der Waals surface area contributed by atoms with E-state index in [9.17, 15) is 0 Å². The summed E-state index contributed by atoms with van der Waals surface area (Å²) >= 11 is 0. The van der Waals surface area contributed by atoms with Crippen molar-refractivity contribution >= 4 is 5.69 Å². The van der Waals surface area contributed by atoms with Crippen LogP contribution in [0, 0.1) is 0 Å². The predicted molar refractivity (Wildman–Crippen MR) is 99.5 cm³/mol. The maximum atomic E-state index is 5.92. The number of rotatable bonds is 5. The minimum Gasteiger partial charge on any atom is -0.485 e. The second-order valence-electron chi connectivity index (χ2n) is 4.86. The number of nitrogens with two attached hydrogens (primary N) is 1. The number of benzene rings is 3. The van der Waals surface area contributed by atoms with Crippen LogP contribution in [0.4, 0.5) is 5.69 Å². The van der Waals surface area contributed by atoms with Crippen LogP contribution in [0.1, 0.15) is 19.4 Å². The van der Waals surface area contributed by atoms with E-state index in [1.54, 1.807) is 0 Å². The molecule has 0 aliphatic carbocycles. The van der Waals surface area contributed by atoms with Crippen molar-refractivity contribution in [3.05, 3.63) is 84.4 Å². The van der Waals surface area contributed by atoms with Gasteiger partial charge in [-0.25, -0.2) is 0 Å². The van der Waals surface area contributed by atoms with E-state index in [0.29, 0.717) is 29.5 Å². The first-order chi connectivity index (χ1) is 11.8. The average molecular weight is 321 g/mol. The van der Waals surface area contributed by atoms with Gasteiger partial charge in [-0.3, -0.25) is 0 Å². The molecule has 0 atom stereocenters. The molecule has 3 aromatic rings. The number of anilines is 1. The van der Waals surface area contributed by atoms with Gasteiger partial charge in [0, 0.05) is 0 Å². The lowest BCUT2D eigenvalue weighted by Gasteiger charge is -2.13. The molecule has 0 radical (unpaired) electrons. The van der Waals surface area contributed by atoms with Crippen molar-refractivity contribution in [3.63, 3.8) is 0 Å². The molecule has 124 valence electrons. The zero-order chi connectivity index (χ0) is 17.2. The summed E-state index contributed by atoms with van der Waals surface area (Å²) in [4.78, 5) is 0. The highest BCUT2D eigenvalue weighted by Gasteiger charge is 2.07. The maximum absolute atomic E-state index is 5.92. The summed E-state index contributed by atoms with van der Waals surface area (Å²) < 4.78 is 11.7. The van der Waals surface area contributed by atoms with Crippen molar-refractivity contribution in [2.45, 2.75) is 20.5 Å². The molecule has 3 aromatic carbocycles. The lowest BCUT2D eigenvalue weighted by molar-refractivity contribution is 0.292. The fraction of sp³-hybridized carbons (Fsp3) is 0.143. The average Bonchev–Trinajstić information content (AvgIpc) is 2.65. The Kier molecular flexibility index (Phi) is 6.72. The van der Waals surface area contributed by atoms with Gasteiger partial charge in [0.15, 0.2) is 17.2 Å². The van der Waals surface area contributed by atoms with E-state index in [2.05, 4.69) is 0 Å². The highest BCUT2D eigenvalue weighted by atomic mass is 16.5. The van der Waals surface area contributed by atoms with Gasteiger partial charge in [-0.1, -0.05) is 68.4 Å². The van der Waals surface area contributed by atoms with E-state index in [1.165, 1.54) is 0 Å². The van der Waals surface area contributed by atoms with Gasteiger partial charge in [-0.15, -0.1) is 0 Å². The van der Waals surface area contributed by atoms with Gasteiger partial charge in [-0.2, -0.15) is 0 Å². The van der Waals surface area contributed by atoms with E-state index in [-0.39, 0.29) is 0 Å². The van der Waals surface area contributed by atoms with Crippen molar-refractivity contribution in [3.8, 4) is 17.2 Å². The van der Waals surface area contributed by atoms with Crippen molar-refractivity contribution in [2.24, 2.45) is 0 Å². The van der Waals surface area contributed by atoms with E-state index in [4.69, 9.17) is 15.2 Å². The Bertz CT molecular complexity index is 742. The minimum absolute atomic E-state index is 0.492. The first kappa shape index (κ1) is 17.4. The van der Waals surface area contributed by atoms with Crippen LogP contribution in [-0.4, -0.2) is 0 Å². The monoisotopic (exact) mass is 321 g/mol. The Morgan fingerprint density at radius 3 is 1.88 bits per heavy atom. The van der Waals surface area contributed by atoms with Crippen LogP contribution in [0.2, 0.25) is 0 Å². The van der Waals surface area contributed by atoms with Gasteiger partial charge in [-0.05, 0) is 29.8 Å². The summed E-state index contributed by atoms with van der Waals surface area (Å²) in [5, 5.41) is 0. The molecule has 3 heteroatoms. The molecule has 0 aromatic heterocycles. The van der Waals surface area contributed by atoms with Gasteiger partial charge >= 0.3 is 0 Å². The Balaban J connectivity index is 0.00000100.